The number of carbonyl (C=O) groups excluding carboxylic acids is 1. The van der Waals surface area contributed by atoms with E-state index >= 15 is 0 Å². The summed E-state index contributed by atoms with van der Waals surface area (Å²) in [5.41, 5.74) is 4.98. The van der Waals surface area contributed by atoms with Crippen molar-refractivity contribution in [3.8, 4) is 0 Å². The second-order valence-electron chi connectivity index (χ2n) is 6.19. The molecular weight excluding hydrogens is 202 g/mol. The third-order valence-electron chi connectivity index (χ3n) is 3.31. The van der Waals surface area contributed by atoms with Crippen molar-refractivity contribution >= 4 is 5.97 Å². The summed E-state index contributed by atoms with van der Waals surface area (Å²) in [4.78, 5) is 12.2. The van der Waals surface area contributed by atoms with Crippen molar-refractivity contribution in [3.05, 3.63) is 0 Å². The lowest BCUT2D eigenvalue weighted by Crippen LogP contribution is -2.45. The maximum atomic E-state index is 12.2. The summed E-state index contributed by atoms with van der Waals surface area (Å²) in [6.07, 6.45) is 4.03. The van der Waals surface area contributed by atoms with Crippen LogP contribution in [-0.4, -0.2) is 18.1 Å². The SMILES string of the molecule is CC1CCCC(CN)(C(=O)OC(C)(C)C)C1. The fourth-order valence-corrected chi connectivity index (χ4v) is 2.50. The minimum atomic E-state index is -0.426. The lowest BCUT2D eigenvalue weighted by atomic mass is 9.70. The Kier molecular flexibility index (Phi) is 4.00. The van der Waals surface area contributed by atoms with Crippen LogP contribution in [0, 0.1) is 11.3 Å². The molecule has 3 heteroatoms. The summed E-state index contributed by atoms with van der Waals surface area (Å²) < 4.78 is 5.50. The van der Waals surface area contributed by atoms with Gasteiger partial charge in [-0.1, -0.05) is 19.8 Å². The molecule has 0 aromatic rings. The Balaban J connectivity index is 2.75. The first-order chi connectivity index (χ1) is 7.29. The van der Waals surface area contributed by atoms with E-state index in [0.29, 0.717) is 12.5 Å². The van der Waals surface area contributed by atoms with Gasteiger partial charge in [-0.05, 0) is 39.5 Å². The Morgan fingerprint density at radius 2 is 2.12 bits per heavy atom. The number of esters is 1. The lowest BCUT2D eigenvalue weighted by molar-refractivity contribution is -0.170. The molecule has 1 aliphatic rings. The highest BCUT2D eigenvalue weighted by Crippen LogP contribution is 2.40. The van der Waals surface area contributed by atoms with E-state index in [1.165, 1.54) is 6.42 Å². The minimum Gasteiger partial charge on any atom is -0.460 e. The normalized spacial score (nSPS) is 31.2. The molecular formula is C13H25NO2. The molecule has 0 heterocycles. The summed E-state index contributed by atoms with van der Waals surface area (Å²) in [5.74, 6) is 0.471. The quantitative estimate of drug-likeness (QED) is 0.737. The van der Waals surface area contributed by atoms with Gasteiger partial charge in [0.25, 0.3) is 0 Å². The maximum absolute atomic E-state index is 12.2. The molecule has 0 aromatic carbocycles. The first-order valence-electron chi connectivity index (χ1n) is 6.23. The van der Waals surface area contributed by atoms with E-state index in [1.54, 1.807) is 0 Å². The molecule has 2 atom stereocenters. The number of rotatable bonds is 2. The molecule has 0 spiro atoms. The van der Waals surface area contributed by atoms with Crippen molar-refractivity contribution in [2.75, 3.05) is 6.54 Å². The summed E-state index contributed by atoms with van der Waals surface area (Å²) in [6, 6.07) is 0. The van der Waals surface area contributed by atoms with Gasteiger partial charge in [0.15, 0.2) is 0 Å². The van der Waals surface area contributed by atoms with E-state index in [4.69, 9.17) is 10.5 Å². The summed E-state index contributed by atoms with van der Waals surface area (Å²) in [5, 5.41) is 0. The van der Waals surface area contributed by atoms with E-state index in [-0.39, 0.29) is 5.97 Å². The lowest BCUT2D eigenvalue weighted by Gasteiger charge is -2.38. The average Bonchev–Trinajstić information content (AvgIpc) is 2.14. The average molecular weight is 227 g/mol. The van der Waals surface area contributed by atoms with Crippen LogP contribution in [0.15, 0.2) is 0 Å². The first-order valence-corrected chi connectivity index (χ1v) is 6.23. The first kappa shape index (κ1) is 13.5. The molecule has 2 N–H and O–H groups in total. The number of hydrogen-bond acceptors (Lipinski definition) is 3. The van der Waals surface area contributed by atoms with Crippen LogP contribution >= 0.6 is 0 Å². The molecule has 1 rings (SSSR count). The molecule has 0 aromatic heterocycles. The standard InChI is InChI=1S/C13H25NO2/c1-10-6-5-7-13(8-10,9-14)11(15)16-12(2,3)4/h10H,5-9,14H2,1-4H3. The Labute approximate surface area is 98.7 Å². The van der Waals surface area contributed by atoms with Crippen LogP contribution in [0.4, 0.5) is 0 Å². The van der Waals surface area contributed by atoms with Crippen LogP contribution in [0.25, 0.3) is 0 Å². The fourth-order valence-electron chi connectivity index (χ4n) is 2.50. The zero-order chi connectivity index (χ0) is 12.4. The zero-order valence-corrected chi connectivity index (χ0v) is 11.0. The van der Waals surface area contributed by atoms with Crippen molar-refractivity contribution in [2.24, 2.45) is 17.1 Å². The van der Waals surface area contributed by atoms with Crippen LogP contribution in [0.1, 0.15) is 53.4 Å². The van der Waals surface area contributed by atoms with Crippen LogP contribution in [-0.2, 0) is 9.53 Å². The molecule has 0 saturated heterocycles. The fraction of sp³-hybridized carbons (Fsp3) is 0.923. The summed E-state index contributed by atoms with van der Waals surface area (Å²) in [6.45, 7) is 8.31. The van der Waals surface area contributed by atoms with Crippen molar-refractivity contribution in [1.82, 2.24) is 0 Å². The van der Waals surface area contributed by atoms with Crippen molar-refractivity contribution in [3.63, 3.8) is 0 Å². The van der Waals surface area contributed by atoms with Crippen molar-refractivity contribution < 1.29 is 9.53 Å². The highest BCUT2D eigenvalue weighted by Gasteiger charge is 2.43. The van der Waals surface area contributed by atoms with Crippen LogP contribution in [0.3, 0.4) is 0 Å². The van der Waals surface area contributed by atoms with Gasteiger partial charge < -0.3 is 10.5 Å². The molecule has 0 amide bonds. The molecule has 1 aliphatic carbocycles. The molecule has 1 saturated carbocycles. The van der Waals surface area contributed by atoms with E-state index in [1.807, 2.05) is 20.8 Å². The Morgan fingerprint density at radius 1 is 1.50 bits per heavy atom. The topological polar surface area (TPSA) is 52.3 Å². The molecule has 1 fully saturated rings. The van der Waals surface area contributed by atoms with Gasteiger partial charge in [-0.2, -0.15) is 0 Å². The second kappa shape index (κ2) is 4.74. The van der Waals surface area contributed by atoms with Crippen LogP contribution < -0.4 is 5.73 Å². The van der Waals surface area contributed by atoms with Gasteiger partial charge in [0.05, 0.1) is 5.41 Å². The third-order valence-corrected chi connectivity index (χ3v) is 3.31. The van der Waals surface area contributed by atoms with Crippen LogP contribution in [0.2, 0.25) is 0 Å². The third kappa shape index (κ3) is 3.21. The van der Waals surface area contributed by atoms with Gasteiger partial charge in [-0.3, -0.25) is 4.79 Å². The predicted octanol–water partition coefficient (Wildman–Crippen LogP) is 2.48. The van der Waals surface area contributed by atoms with E-state index in [9.17, 15) is 4.79 Å². The van der Waals surface area contributed by atoms with Gasteiger partial charge in [0.1, 0.15) is 5.60 Å². The number of ether oxygens (including phenoxy) is 1. The monoisotopic (exact) mass is 227 g/mol. The number of nitrogens with two attached hydrogens (primary N) is 1. The van der Waals surface area contributed by atoms with E-state index in [0.717, 1.165) is 19.3 Å². The molecule has 0 aliphatic heterocycles. The zero-order valence-electron chi connectivity index (χ0n) is 11.0. The molecule has 2 unspecified atom stereocenters. The molecule has 0 bridgehead atoms. The molecule has 3 nitrogen and oxygen atoms in total. The minimum absolute atomic E-state index is 0.103. The molecule has 94 valence electrons. The maximum Gasteiger partial charge on any atom is 0.313 e. The molecule has 16 heavy (non-hydrogen) atoms. The largest absolute Gasteiger partial charge is 0.460 e. The van der Waals surface area contributed by atoms with E-state index in [2.05, 4.69) is 6.92 Å². The van der Waals surface area contributed by atoms with Gasteiger partial charge in [0.2, 0.25) is 0 Å². The number of hydrogen-bond donors (Lipinski definition) is 1. The van der Waals surface area contributed by atoms with Gasteiger partial charge in [-0.15, -0.1) is 0 Å². The highest BCUT2D eigenvalue weighted by atomic mass is 16.6. The second-order valence-corrected chi connectivity index (χ2v) is 6.19. The van der Waals surface area contributed by atoms with Crippen molar-refractivity contribution in [2.45, 2.75) is 59.0 Å². The van der Waals surface area contributed by atoms with Gasteiger partial charge in [0, 0.05) is 6.54 Å². The Hall–Kier alpha value is -0.570. The van der Waals surface area contributed by atoms with Crippen LogP contribution in [0.5, 0.6) is 0 Å². The predicted molar refractivity (Wildman–Crippen MR) is 65.0 cm³/mol. The van der Waals surface area contributed by atoms with Gasteiger partial charge >= 0.3 is 5.97 Å². The molecule has 0 radical (unpaired) electrons. The Bertz CT molecular complexity index is 257. The summed E-state index contributed by atoms with van der Waals surface area (Å²) in [7, 11) is 0. The van der Waals surface area contributed by atoms with E-state index < -0.39 is 11.0 Å². The highest BCUT2D eigenvalue weighted by molar-refractivity contribution is 5.77. The van der Waals surface area contributed by atoms with Gasteiger partial charge in [-0.25, -0.2) is 0 Å². The summed E-state index contributed by atoms with van der Waals surface area (Å²) >= 11 is 0. The van der Waals surface area contributed by atoms with Crippen molar-refractivity contribution in [1.29, 1.82) is 0 Å². The Morgan fingerprint density at radius 3 is 2.56 bits per heavy atom. The number of carbonyl (C=O) groups is 1. The smallest absolute Gasteiger partial charge is 0.313 e.